The second-order valence-electron chi connectivity index (χ2n) is 8.01. The van der Waals surface area contributed by atoms with Gasteiger partial charge in [-0.1, -0.05) is 26.3 Å². The van der Waals surface area contributed by atoms with E-state index in [0.717, 1.165) is 49.1 Å². The van der Waals surface area contributed by atoms with E-state index < -0.39 is 5.92 Å². The number of carbonyl (C=O) groups excluding carboxylic acids is 2. The predicted octanol–water partition coefficient (Wildman–Crippen LogP) is 4.80. The lowest BCUT2D eigenvalue weighted by atomic mass is 9.75. The Morgan fingerprint density at radius 1 is 1.13 bits per heavy atom. The van der Waals surface area contributed by atoms with E-state index in [-0.39, 0.29) is 11.8 Å². The summed E-state index contributed by atoms with van der Waals surface area (Å²) in [6.07, 6.45) is 4.73. The smallest absolute Gasteiger partial charge is 0.336 e. The van der Waals surface area contributed by atoms with Gasteiger partial charge in [0.15, 0.2) is 17.3 Å². The number of esters is 1. The summed E-state index contributed by atoms with van der Waals surface area (Å²) in [5.74, 6) is 0.464. The molecule has 1 aliphatic carbocycles. The fraction of sp³-hybridized carbons (Fsp3) is 0.520. The zero-order valence-corrected chi connectivity index (χ0v) is 19.0. The normalized spacial score (nSPS) is 18.5. The number of hydrogen-bond donors (Lipinski definition) is 1. The van der Waals surface area contributed by atoms with Crippen LogP contribution in [-0.4, -0.2) is 32.1 Å². The van der Waals surface area contributed by atoms with E-state index in [1.165, 1.54) is 0 Å². The Bertz CT molecular complexity index is 899. The number of nitrogens with one attached hydrogen (secondary N) is 1. The fourth-order valence-electron chi connectivity index (χ4n) is 4.17. The number of hydrogen-bond acceptors (Lipinski definition) is 6. The first kappa shape index (κ1) is 22.9. The molecule has 0 radical (unpaired) electrons. The topological polar surface area (TPSA) is 73.9 Å². The van der Waals surface area contributed by atoms with Crippen molar-refractivity contribution in [2.45, 2.75) is 65.2 Å². The Labute approximate surface area is 184 Å². The average molecular weight is 428 g/mol. The van der Waals surface area contributed by atoms with Crippen LogP contribution < -0.4 is 14.8 Å². The minimum absolute atomic E-state index is 0.0791. The summed E-state index contributed by atoms with van der Waals surface area (Å²) < 4.78 is 16.9. The molecule has 1 aliphatic heterocycles. The zero-order valence-electron chi connectivity index (χ0n) is 19.0. The van der Waals surface area contributed by atoms with Gasteiger partial charge in [0.05, 0.1) is 25.9 Å². The maximum atomic E-state index is 13.1. The van der Waals surface area contributed by atoms with Gasteiger partial charge in [0.1, 0.15) is 0 Å². The molecule has 31 heavy (non-hydrogen) atoms. The molecular weight excluding hydrogens is 394 g/mol. The number of allylic oxidation sites excluding steroid dienone is 3. The van der Waals surface area contributed by atoms with Crippen molar-refractivity contribution < 1.29 is 23.8 Å². The zero-order chi connectivity index (χ0) is 22.4. The van der Waals surface area contributed by atoms with Gasteiger partial charge in [-0.05, 0) is 50.3 Å². The van der Waals surface area contributed by atoms with E-state index in [4.69, 9.17) is 14.2 Å². The summed E-state index contributed by atoms with van der Waals surface area (Å²) in [6.45, 7) is 6.93. The Morgan fingerprint density at radius 2 is 1.94 bits per heavy atom. The number of Topliss-reactive ketones (excluding diaryl/α,β-unsaturated/α-hetero) is 1. The molecule has 0 amide bonds. The fourth-order valence-corrected chi connectivity index (χ4v) is 4.17. The molecule has 1 heterocycles. The van der Waals surface area contributed by atoms with E-state index in [1.54, 1.807) is 7.11 Å². The lowest BCUT2D eigenvalue weighted by molar-refractivity contribution is -0.139. The van der Waals surface area contributed by atoms with Crippen LogP contribution in [0.2, 0.25) is 0 Å². The molecule has 1 aromatic carbocycles. The number of unbranched alkanes of at least 4 members (excludes halogenated alkanes) is 1. The third kappa shape index (κ3) is 4.94. The third-order valence-electron chi connectivity index (χ3n) is 5.71. The van der Waals surface area contributed by atoms with E-state index in [9.17, 15) is 9.59 Å². The van der Waals surface area contributed by atoms with E-state index in [2.05, 4.69) is 12.2 Å². The predicted molar refractivity (Wildman–Crippen MR) is 119 cm³/mol. The van der Waals surface area contributed by atoms with E-state index in [1.807, 2.05) is 32.0 Å². The van der Waals surface area contributed by atoms with Crippen molar-refractivity contribution in [3.63, 3.8) is 0 Å². The molecule has 1 N–H and O–H groups in total. The van der Waals surface area contributed by atoms with Gasteiger partial charge in [-0.3, -0.25) is 4.79 Å². The molecule has 0 bridgehead atoms. The van der Waals surface area contributed by atoms with Crippen LogP contribution in [0.4, 0.5) is 0 Å². The summed E-state index contributed by atoms with van der Waals surface area (Å²) in [4.78, 5) is 26.1. The van der Waals surface area contributed by atoms with Gasteiger partial charge in [-0.25, -0.2) is 4.79 Å². The first-order chi connectivity index (χ1) is 15.0. The van der Waals surface area contributed by atoms with Crippen LogP contribution in [0, 0.1) is 0 Å². The molecule has 6 heteroatoms. The first-order valence-electron chi connectivity index (χ1n) is 11.2. The minimum Gasteiger partial charge on any atom is -0.493 e. The number of rotatable bonds is 9. The number of benzene rings is 1. The van der Waals surface area contributed by atoms with Gasteiger partial charge < -0.3 is 19.5 Å². The monoisotopic (exact) mass is 427 g/mol. The number of ketones is 1. The highest BCUT2D eigenvalue weighted by molar-refractivity contribution is 6.03. The van der Waals surface area contributed by atoms with Crippen LogP contribution in [0.5, 0.6) is 11.5 Å². The van der Waals surface area contributed by atoms with E-state index in [0.29, 0.717) is 42.3 Å². The molecule has 6 nitrogen and oxygen atoms in total. The van der Waals surface area contributed by atoms with Crippen LogP contribution in [-0.2, 0) is 14.3 Å². The van der Waals surface area contributed by atoms with E-state index >= 15 is 0 Å². The molecule has 0 aromatic heterocycles. The van der Waals surface area contributed by atoms with Gasteiger partial charge >= 0.3 is 5.97 Å². The Kier molecular flexibility index (Phi) is 7.77. The van der Waals surface area contributed by atoms with Crippen LogP contribution in [0.25, 0.3) is 0 Å². The second kappa shape index (κ2) is 10.5. The lowest BCUT2D eigenvalue weighted by Crippen LogP contribution is -2.34. The van der Waals surface area contributed by atoms with Crippen molar-refractivity contribution in [1.29, 1.82) is 0 Å². The van der Waals surface area contributed by atoms with Gasteiger partial charge in [-0.2, -0.15) is 0 Å². The lowest BCUT2D eigenvalue weighted by Gasteiger charge is -2.34. The van der Waals surface area contributed by atoms with Crippen molar-refractivity contribution in [1.82, 2.24) is 5.32 Å². The van der Waals surface area contributed by atoms with Crippen molar-refractivity contribution in [2.24, 2.45) is 0 Å². The summed E-state index contributed by atoms with van der Waals surface area (Å²) in [6, 6.07) is 5.65. The standard InChI is InChI=1S/C25H33NO5/c1-5-7-14-31-25(28)22-16(3)26-18-9-8-10-19(27)24(18)23(22)17-11-12-20(30-13-6-2)21(15-17)29-4/h11-12,15,23,26H,5-10,13-14H2,1-4H3. The summed E-state index contributed by atoms with van der Waals surface area (Å²) >= 11 is 0. The van der Waals surface area contributed by atoms with Crippen LogP contribution >= 0.6 is 0 Å². The van der Waals surface area contributed by atoms with Crippen molar-refractivity contribution in [3.8, 4) is 11.5 Å². The number of ether oxygens (including phenoxy) is 3. The van der Waals surface area contributed by atoms with Crippen molar-refractivity contribution >= 4 is 11.8 Å². The molecule has 0 saturated heterocycles. The van der Waals surface area contributed by atoms with Crippen LogP contribution in [0.15, 0.2) is 40.7 Å². The van der Waals surface area contributed by atoms with Gasteiger partial charge in [-0.15, -0.1) is 0 Å². The molecule has 1 atom stereocenters. The largest absolute Gasteiger partial charge is 0.493 e. The van der Waals surface area contributed by atoms with Crippen LogP contribution in [0.1, 0.15) is 70.8 Å². The SMILES string of the molecule is CCCCOC(=O)C1=C(C)NC2=C(C(=O)CCC2)C1c1ccc(OCCC)c(OC)c1. The Balaban J connectivity index is 2.06. The van der Waals surface area contributed by atoms with Crippen molar-refractivity contribution in [2.75, 3.05) is 20.3 Å². The highest BCUT2D eigenvalue weighted by Gasteiger charge is 2.39. The molecule has 0 spiro atoms. The quantitative estimate of drug-likeness (QED) is 0.451. The van der Waals surface area contributed by atoms with Crippen LogP contribution in [0.3, 0.4) is 0 Å². The Hall–Kier alpha value is -2.76. The summed E-state index contributed by atoms with van der Waals surface area (Å²) in [7, 11) is 1.60. The highest BCUT2D eigenvalue weighted by Crippen LogP contribution is 2.44. The first-order valence-corrected chi connectivity index (χ1v) is 11.2. The van der Waals surface area contributed by atoms with Gasteiger partial charge in [0, 0.05) is 29.3 Å². The third-order valence-corrected chi connectivity index (χ3v) is 5.71. The maximum absolute atomic E-state index is 13.1. The summed E-state index contributed by atoms with van der Waals surface area (Å²) in [5, 5.41) is 3.32. The van der Waals surface area contributed by atoms with Gasteiger partial charge in [0.2, 0.25) is 0 Å². The highest BCUT2D eigenvalue weighted by atomic mass is 16.5. The molecule has 0 saturated carbocycles. The van der Waals surface area contributed by atoms with Crippen molar-refractivity contribution in [3.05, 3.63) is 46.3 Å². The van der Waals surface area contributed by atoms with Gasteiger partial charge in [0.25, 0.3) is 0 Å². The molecule has 3 rings (SSSR count). The number of carbonyl (C=O) groups is 2. The molecule has 2 aliphatic rings. The Morgan fingerprint density at radius 3 is 2.65 bits per heavy atom. The average Bonchev–Trinajstić information content (AvgIpc) is 2.76. The molecule has 1 unspecified atom stereocenters. The minimum atomic E-state index is -0.479. The molecule has 1 aromatic rings. The molecule has 0 fully saturated rings. The summed E-state index contributed by atoms with van der Waals surface area (Å²) in [5.41, 5.74) is 3.64. The number of methoxy groups -OCH3 is 1. The molecule has 168 valence electrons. The number of dihydropyridines is 1. The second-order valence-corrected chi connectivity index (χ2v) is 8.01. The molecular formula is C25H33NO5. The maximum Gasteiger partial charge on any atom is 0.336 e.